The van der Waals surface area contributed by atoms with E-state index in [0.29, 0.717) is 24.1 Å². The summed E-state index contributed by atoms with van der Waals surface area (Å²) in [5.41, 5.74) is 0.534. The van der Waals surface area contributed by atoms with Gasteiger partial charge in [-0.2, -0.15) is 0 Å². The predicted molar refractivity (Wildman–Crippen MR) is 55.4 cm³/mol. The zero-order chi connectivity index (χ0) is 11.9. The summed E-state index contributed by atoms with van der Waals surface area (Å²) >= 11 is 0. The number of nitrogens with zero attached hydrogens (tertiary/aromatic N) is 2. The normalized spacial score (nSPS) is 14.8. The zero-order valence-corrected chi connectivity index (χ0v) is 8.64. The van der Waals surface area contributed by atoms with Crippen molar-refractivity contribution in [2.24, 2.45) is 0 Å². The third kappa shape index (κ3) is 1.48. The first kappa shape index (κ1) is 10.4. The van der Waals surface area contributed by atoms with Gasteiger partial charge in [0.05, 0.1) is 4.92 Å². The van der Waals surface area contributed by atoms with E-state index in [9.17, 15) is 20.0 Å². The van der Waals surface area contributed by atoms with Crippen LogP contribution in [0.1, 0.15) is 15.9 Å². The second-order valence-electron chi connectivity index (χ2n) is 3.73. The zero-order valence-electron chi connectivity index (χ0n) is 8.64. The van der Waals surface area contributed by atoms with Crippen LogP contribution in [0.5, 0.6) is 5.75 Å². The fraction of sp³-hybridized carbons (Fsp3) is 0.300. The van der Waals surface area contributed by atoms with Crippen LogP contribution < -0.4 is 0 Å². The Morgan fingerprint density at radius 3 is 2.81 bits per heavy atom. The summed E-state index contributed by atoms with van der Waals surface area (Å²) in [4.78, 5) is 23.1. The molecule has 0 radical (unpaired) electrons. The minimum atomic E-state index is -0.697. The summed E-state index contributed by atoms with van der Waals surface area (Å²) in [5.74, 6) is -0.634. The van der Waals surface area contributed by atoms with Crippen LogP contribution in [-0.2, 0) is 6.42 Å². The van der Waals surface area contributed by atoms with Crippen LogP contribution in [0.3, 0.4) is 0 Å². The maximum Gasteiger partial charge on any atom is 0.311 e. The standard InChI is InChI=1S/C10H10N2O4/c1-11-3-2-6-4-9(13)8(12(15)16)5-7(6)10(11)14/h4-5,13H,2-3H2,1H3. The topological polar surface area (TPSA) is 83.7 Å². The average Bonchev–Trinajstić information content (AvgIpc) is 2.23. The highest BCUT2D eigenvalue weighted by atomic mass is 16.6. The minimum Gasteiger partial charge on any atom is -0.502 e. The van der Waals surface area contributed by atoms with E-state index in [1.54, 1.807) is 7.05 Å². The molecule has 1 aromatic rings. The van der Waals surface area contributed by atoms with Gasteiger partial charge in [0.1, 0.15) is 0 Å². The van der Waals surface area contributed by atoms with Crippen molar-refractivity contribution in [3.8, 4) is 5.75 Å². The van der Waals surface area contributed by atoms with Crippen LogP contribution in [0.4, 0.5) is 5.69 Å². The number of aromatic hydroxyl groups is 1. The lowest BCUT2D eigenvalue weighted by atomic mass is 9.98. The molecule has 0 spiro atoms. The van der Waals surface area contributed by atoms with Gasteiger partial charge in [0, 0.05) is 25.2 Å². The third-order valence-electron chi connectivity index (χ3n) is 2.69. The quantitative estimate of drug-likeness (QED) is 0.565. The molecule has 0 aliphatic carbocycles. The number of phenolic OH excluding ortho intramolecular Hbond substituents is 1. The number of hydrogen-bond acceptors (Lipinski definition) is 4. The maximum atomic E-state index is 11.7. The number of carbonyl (C=O) groups is 1. The number of hydrogen-bond donors (Lipinski definition) is 1. The average molecular weight is 222 g/mol. The van der Waals surface area contributed by atoms with Gasteiger partial charge >= 0.3 is 5.69 Å². The second kappa shape index (κ2) is 3.48. The number of nitro benzene ring substituents is 1. The first-order valence-corrected chi connectivity index (χ1v) is 4.76. The lowest BCUT2D eigenvalue weighted by molar-refractivity contribution is -0.385. The molecule has 1 N–H and O–H groups in total. The highest BCUT2D eigenvalue weighted by molar-refractivity contribution is 5.97. The molecule has 0 unspecified atom stereocenters. The Kier molecular flexibility index (Phi) is 2.26. The van der Waals surface area contributed by atoms with E-state index in [2.05, 4.69) is 0 Å². The number of benzene rings is 1. The summed E-state index contributed by atoms with van der Waals surface area (Å²) in [6.07, 6.45) is 0.600. The van der Waals surface area contributed by atoms with Gasteiger partial charge in [0.2, 0.25) is 0 Å². The predicted octanol–water partition coefficient (Wildman–Crippen LogP) is 0.928. The molecule has 0 bridgehead atoms. The largest absolute Gasteiger partial charge is 0.502 e. The molecule has 0 atom stereocenters. The lowest BCUT2D eigenvalue weighted by Gasteiger charge is -2.24. The van der Waals surface area contributed by atoms with Crippen LogP contribution in [0, 0.1) is 10.1 Å². The molecule has 1 aliphatic rings. The highest BCUT2D eigenvalue weighted by Crippen LogP contribution is 2.31. The van der Waals surface area contributed by atoms with Crippen molar-refractivity contribution in [1.29, 1.82) is 0 Å². The summed E-state index contributed by atoms with van der Waals surface area (Å²) in [7, 11) is 1.64. The molecule has 1 amide bonds. The van der Waals surface area contributed by atoms with Crippen LogP contribution in [0.25, 0.3) is 0 Å². The van der Waals surface area contributed by atoms with E-state index < -0.39 is 10.6 Å². The van der Waals surface area contributed by atoms with Crippen LogP contribution >= 0.6 is 0 Å². The molecular weight excluding hydrogens is 212 g/mol. The van der Waals surface area contributed by atoms with Gasteiger partial charge in [0.15, 0.2) is 5.75 Å². The Bertz CT molecular complexity index is 484. The Morgan fingerprint density at radius 1 is 1.50 bits per heavy atom. The van der Waals surface area contributed by atoms with E-state index in [1.807, 2.05) is 0 Å². The van der Waals surface area contributed by atoms with E-state index in [4.69, 9.17) is 0 Å². The molecule has 2 rings (SSSR count). The number of phenols is 1. The minimum absolute atomic E-state index is 0.246. The molecule has 84 valence electrons. The Labute approximate surface area is 91.3 Å². The van der Waals surface area contributed by atoms with Gasteiger partial charge in [-0.05, 0) is 18.1 Å². The van der Waals surface area contributed by atoms with Gasteiger partial charge < -0.3 is 10.0 Å². The summed E-state index contributed by atoms with van der Waals surface area (Å²) in [6.45, 7) is 0.559. The molecule has 1 heterocycles. The Morgan fingerprint density at radius 2 is 2.19 bits per heavy atom. The molecular formula is C10H10N2O4. The molecule has 16 heavy (non-hydrogen) atoms. The van der Waals surface area contributed by atoms with Crippen LogP contribution in [-0.4, -0.2) is 34.4 Å². The first-order chi connectivity index (χ1) is 7.50. The van der Waals surface area contributed by atoms with E-state index in [1.165, 1.54) is 11.0 Å². The number of carbonyl (C=O) groups excluding carboxylic acids is 1. The number of likely N-dealkylation sites (N-methyl/N-ethyl adjacent to an activating group) is 1. The number of amides is 1. The van der Waals surface area contributed by atoms with Gasteiger partial charge in [-0.25, -0.2) is 0 Å². The molecule has 0 saturated carbocycles. The summed E-state index contributed by atoms with van der Waals surface area (Å²) < 4.78 is 0. The first-order valence-electron chi connectivity index (χ1n) is 4.76. The van der Waals surface area contributed by atoms with Gasteiger partial charge in [-0.1, -0.05) is 0 Å². The van der Waals surface area contributed by atoms with Crippen molar-refractivity contribution in [3.63, 3.8) is 0 Å². The van der Waals surface area contributed by atoms with Crippen LogP contribution in [0.2, 0.25) is 0 Å². The van der Waals surface area contributed by atoms with E-state index in [-0.39, 0.29) is 11.7 Å². The SMILES string of the molecule is CN1CCc2cc(O)c([N+](=O)[O-])cc2C1=O. The maximum absolute atomic E-state index is 11.7. The van der Waals surface area contributed by atoms with E-state index in [0.717, 1.165) is 6.07 Å². The molecule has 0 fully saturated rings. The van der Waals surface area contributed by atoms with Crippen molar-refractivity contribution in [2.75, 3.05) is 13.6 Å². The van der Waals surface area contributed by atoms with Crippen molar-refractivity contribution >= 4 is 11.6 Å². The number of fused-ring (bicyclic) bond motifs is 1. The fourth-order valence-electron chi connectivity index (χ4n) is 1.77. The highest BCUT2D eigenvalue weighted by Gasteiger charge is 2.26. The molecule has 1 aliphatic heterocycles. The number of nitro groups is 1. The molecule has 0 saturated heterocycles. The number of rotatable bonds is 1. The smallest absolute Gasteiger partial charge is 0.311 e. The fourth-order valence-corrected chi connectivity index (χ4v) is 1.77. The monoisotopic (exact) mass is 222 g/mol. The van der Waals surface area contributed by atoms with E-state index >= 15 is 0 Å². The van der Waals surface area contributed by atoms with Crippen LogP contribution in [0.15, 0.2) is 12.1 Å². The second-order valence-corrected chi connectivity index (χ2v) is 3.73. The molecule has 0 aromatic heterocycles. The Balaban J connectivity index is 2.59. The van der Waals surface area contributed by atoms with Crippen molar-refractivity contribution < 1.29 is 14.8 Å². The van der Waals surface area contributed by atoms with Crippen molar-refractivity contribution in [3.05, 3.63) is 33.4 Å². The van der Waals surface area contributed by atoms with Crippen molar-refractivity contribution in [1.82, 2.24) is 4.90 Å². The summed E-state index contributed by atoms with van der Waals surface area (Å²) in [6, 6.07) is 2.45. The third-order valence-corrected chi connectivity index (χ3v) is 2.69. The lowest BCUT2D eigenvalue weighted by Crippen LogP contribution is -2.34. The van der Waals surface area contributed by atoms with Gasteiger partial charge in [-0.3, -0.25) is 14.9 Å². The van der Waals surface area contributed by atoms with Gasteiger partial charge in [-0.15, -0.1) is 0 Å². The van der Waals surface area contributed by atoms with Gasteiger partial charge in [0.25, 0.3) is 5.91 Å². The molecule has 6 heteroatoms. The molecule has 6 nitrogen and oxygen atoms in total. The molecule has 1 aromatic carbocycles. The van der Waals surface area contributed by atoms with Crippen molar-refractivity contribution in [2.45, 2.75) is 6.42 Å². The summed E-state index contributed by atoms with van der Waals surface area (Å²) in [5, 5.41) is 20.0. The Hall–Kier alpha value is -2.11.